The SMILES string of the molecule is CN(C(=O)c1cc2cccc(Cl)c2[nH]1)C(CC1CC1)C(=O)NC(C#N)C[C@@H]1CCCNC1=O. The Morgan fingerprint density at radius 1 is 1.30 bits per heavy atom. The van der Waals surface area contributed by atoms with Crippen molar-refractivity contribution < 1.29 is 14.4 Å². The Balaban J connectivity index is 1.48. The normalized spacial score (nSPS) is 19.9. The van der Waals surface area contributed by atoms with Gasteiger partial charge in [0.25, 0.3) is 5.91 Å². The number of aromatic amines is 1. The van der Waals surface area contributed by atoms with E-state index in [2.05, 4.69) is 21.7 Å². The number of nitriles is 1. The van der Waals surface area contributed by atoms with Crippen molar-refractivity contribution in [2.45, 2.75) is 50.6 Å². The average molecular weight is 470 g/mol. The molecule has 0 bridgehead atoms. The fourth-order valence-corrected chi connectivity index (χ4v) is 4.66. The Kier molecular flexibility index (Phi) is 6.89. The summed E-state index contributed by atoms with van der Waals surface area (Å²) in [5.41, 5.74) is 1.03. The van der Waals surface area contributed by atoms with Crippen LogP contribution in [-0.2, 0) is 9.59 Å². The highest BCUT2D eigenvalue weighted by molar-refractivity contribution is 6.35. The van der Waals surface area contributed by atoms with Crippen molar-refractivity contribution in [2.75, 3.05) is 13.6 Å². The van der Waals surface area contributed by atoms with Crippen molar-refractivity contribution in [1.29, 1.82) is 5.26 Å². The monoisotopic (exact) mass is 469 g/mol. The van der Waals surface area contributed by atoms with E-state index in [0.717, 1.165) is 24.6 Å². The van der Waals surface area contributed by atoms with Crippen molar-refractivity contribution in [2.24, 2.45) is 11.8 Å². The number of hydrogen-bond acceptors (Lipinski definition) is 4. The van der Waals surface area contributed by atoms with Crippen LogP contribution in [0.2, 0.25) is 5.02 Å². The maximum Gasteiger partial charge on any atom is 0.270 e. The molecule has 2 aromatic rings. The summed E-state index contributed by atoms with van der Waals surface area (Å²) in [6, 6.07) is 7.77. The van der Waals surface area contributed by atoms with Gasteiger partial charge in [0.1, 0.15) is 17.8 Å². The first-order valence-corrected chi connectivity index (χ1v) is 11.8. The highest BCUT2D eigenvalue weighted by Crippen LogP contribution is 2.35. The van der Waals surface area contributed by atoms with Crippen LogP contribution in [0.4, 0.5) is 0 Å². The van der Waals surface area contributed by atoms with Gasteiger partial charge in [0, 0.05) is 24.9 Å². The lowest BCUT2D eigenvalue weighted by molar-refractivity contribution is -0.129. The minimum atomic E-state index is -0.788. The van der Waals surface area contributed by atoms with Gasteiger partial charge in [0.15, 0.2) is 0 Å². The van der Waals surface area contributed by atoms with Gasteiger partial charge in [-0.1, -0.05) is 36.6 Å². The zero-order valence-electron chi connectivity index (χ0n) is 18.6. The summed E-state index contributed by atoms with van der Waals surface area (Å²) in [7, 11) is 1.61. The summed E-state index contributed by atoms with van der Waals surface area (Å²) >= 11 is 6.23. The van der Waals surface area contributed by atoms with E-state index >= 15 is 0 Å². The first-order chi connectivity index (χ1) is 15.9. The molecule has 33 heavy (non-hydrogen) atoms. The standard InChI is InChI=1S/C24H28ClN5O3/c1-30(24(33)19-12-15-4-2-6-18(25)21(15)29-19)20(10-14-7-8-14)23(32)28-17(13-26)11-16-5-3-9-27-22(16)31/h2,4,6,12,14,16-17,20,29H,3,5,7-11H2,1H3,(H,27,31)(H,28,32)/t16-,17?,20?/m0/s1. The summed E-state index contributed by atoms with van der Waals surface area (Å²) < 4.78 is 0. The van der Waals surface area contributed by atoms with Gasteiger partial charge in [0.05, 0.1) is 16.6 Å². The number of nitrogens with one attached hydrogen (secondary N) is 3. The van der Waals surface area contributed by atoms with Crippen LogP contribution in [0.15, 0.2) is 24.3 Å². The molecule has 4 rings (SSSR count). The van der Waals surface area contributed by atoms with Crippen LogP contribution in [0.1, 0.15) is 49.0 Å². The van der Waals surface area contributed by atoms with Gasteiger partial charge < -0.3 is 20.5 Å². The van der Waals surface area contributed by atoms with Gasteiger partial charge in [-0.2, -0.15) is 5.26 Å². The summed E-state index contributed by atoms with van der Waals surface area (Å²) in [6.07, 6.45) is 4.42. The van der Waals surface area contributed by atoms with Crippen LogP contribution in [-0.4, -0.2) is 53.3 Å². The molecule has 1 saturated heterocycles. The molecule has 1 aromatic carbocycles. The number of fused-ring (bicyclic) bond motifs is 1. The molecule has 0 radical (unpaired) electrons. The fraction of sp³-hybridized carbons (Fsp3) is 0.500. The maximum absolute atomic E-state index is 13.2. The molecule has 2 fully saturated rings. The van der Waals surface area contributed by atoms with E-state index in [1.54, 1.807) is 19.2 Å². The first kappa shape index (κ1) is 23.1. The third-order valence-electron chi connectivity index (χ3n) is 6.57. The predicted octanol–water partition coefficient (Wildman–Crippen LogP) is 2.99. The number of piperidine rings is 1. The number of nitrogens with zero attached hydrogens (tertiary/aromatic N) is 2. The summed E-state index contributed by atoms with van der Waals surface area (Å²) in [5, 5.41) is 16.5. The molecule has 174 valence electrons. The third kappa shape index (κ3) is 5.31. The van der Waals surface area contributed by atoms with Gasteiger partial charge in [-0.05, 0) is 43.7 Å². The number of H-pyrrole nitrogens is 1. The lowest BCUT2D eigenvalue weighted by Gasteiger charge is -2.29. The molecule has 2 aliphatic rings. The Bertz CT molecular complexity index is 1100. The molecular formula is C24H28ClN5O3. The van der Waals surface area contributed by atoms with Crippen LogP contribution < -0.4 is 10.6 Å². The second-order valence-electron chi connectivity index (χ2n) is 9.05. The zero-order valence-corrected chi connectivity index (χ0v) is 19.3. The number of likely N-dealkylation sites (N-methyl/N-ethyl adjacent to an activating group) is 1. The van der Waals surface area contributed by atoms with Gasteiger partial charge >= 0.3 is 0 Å². The molecule has 2 heterocycles. The second-order valence-corrected chi connectivity index (χ2v) is 9.46. The molecule has 3 amide bonds. The smallest absolute Gasteiger partial charge is 0.270 e. The molecule has 9 heteroatoms. The lowest BCUT2D eigenvalue weighted by atomic mass is 9.92. The quantitative estimate of drug-likeness (QED) is 0.550. The highest BCUT2D eigenvalue weighted by Gasteiger charge is 2.36. The van der Waals surface area contributed by atoms with Crippen molar-refractivity contribution >= 4 is 40.2 Å². The molecule has 1 aliphatic carbocycles. The fourth-order valence-electron chi connectivity index (χ4n) is 4.43. The van der Waals surface area contributed by atoms with Crippen LogP contribution in [0.3, 0.4) is 0 Å². The van der Waals surface area contributed by atoms with E-state index in [9.17, 15) is 19.6 Å². The van der Waals surface area contributed by atoms with Crippen LogP contribution in [0.5, 0.6) is 0 Å². The van der Waals surface area contributed by atoms with Crippen molar-refractivity contribution in [3.8, 4) is 6.07 Å². The number of hydrogen-bond donors (Lipinski definition) is 3. The average Bonchev–Trinajstić information content (AvgIpc) is 3.52. The van der Waals surface area contributed by atoms with Gasteiger partial charge in [0.2, 0.25) is 11.8 Å². The van der Waals surface area contributed by atoms with Crippen molar-refractivity contribution in [1.82, 2.24) is 20.5 Å². The topological polar surface area (TPSA) is 118 Å². The highest BCUT2D eigenvalue weighted by atomic mass is 35.5. The molecule has 3 N–H and O–H groups in total. The van der Waals surface area contributed by atoms with E-state index in [0.29, 0.717) is 41.5 Å². The maximum atomic E-state index is 13.2. The predicted molar refractivity (Wildman–Crippen MR) is 124 cm³/mol. The molecular weight excluding hydrogens is 442 g/mol. The summed E-state index contributed by atoms with van der Waals surface area (Å²) in [5.74, 6) is -0.660. The molecule has 3 atom stereocenters. The van der Waals surface area contributed by atoms with Crippen LogP contribution in [0.25, 0.3) is 10.9 Å². The third-order valence-corrected chi connectivity index (χ3v) is 6.89. The Morgan fingerprint density at radius 3 is 2.76 bits per heavy atom. The number of para-hydroxylation sites is 1. The number of benzene rings is 1. The molecule has 1 aliphatic heterocycles. The number of carbonyl (C=O) groups is 3. The Morgan fingerprint density at radius 2 is 2.09 bits per heavy atom. The number of amides is 3. The zero-order chi connectivity index (χ0) is 23.5. The van der Waals surface area contributed by atoms with E-state index in [1.165, 1.54) is 4.90 Å². The minimum absolute atomic E-state index is 0.0740. The number of rotatable bonds is 8. The van der Waals surface area contributed by atoms with Gasteiger partial charge in [-0.3, -0.25) is 14.4 Å². The summed E-state index contributed by atoms with van der Waals surface area (Å²) in [4.78, 5) is 43.0. The summed E-state index contributed by atoms with van der Waals surface area (Å²) in [6.45, 7) is 0.647. The van der Waals surface area contributed by atoms with E-state index < -0.39 is 12.1 Å². The number of halogens is 1. The van der Waals surface area contributed by atoms with Gasteiger partial charge in [-0.15, -0.1) is 0 Å². The lowest BCUT2D eigenvalue weighted by Crippen LogP contribution is -2.51. The molecule has 0 spiro atoms. The molecule has 2 unspecified atom stereocenters. The van der Waals surface area contributed by atoms with E-state index in [4.69, 9.17) is 11.6 Å². The molecule has 1 aromatic heterocycles. The van der Waals surface area contributed by atoms with Crippen molar-refractivity contribution in [3.63, 3.8) is 0 Å². The first-order valence-electron chi connectivity index (χ1n) is 11.4. The Labute approximate surface area is 197 Å². The number of carbonyl (C=O) groups excluding carboxylic acids is 3. The van der Waals surface area contributed by atoms with Crippen LogP contribution in [0, 0.1) is 23.2 Å². The second kappa shape index (κ2) is 9.84. The largest absolute Gasteiger partial charge is 0.356 e. The number of aromatic nitrogens is 1. The Hall–Kier alpha value is -3.05. The minimum Gasteiger partial charge on any atom is -0.356 e. The van der Waals surface area contributed by atoms with E-state index in [1.807, 2.05) is 12.1 Å². The van der Waals surface area contributed by atoms with Crippen molar-refractivity contribution in [3.05, 3.63) is 35.0 Å². The molecule has 1 saturated carbocycles. The molecule has 8 nitrogen and oxygen atoms in total. The van der Waals surface area contributed by atoms with E-state index in [-0.39, 0.29) is 30.1 Å². The van der Waals surface area contributed by atoms with Crippen LogP contribution >= 0.6 is 11.6 Å². The van der Waals surface area contributed by atoms with Gasteiger partial charge in [-0.25, -0.2) is 0 Å².